The number of nitrogens with zero attached hydrogens (tertiary/aromatic N) is 2. The second-order valence-corrected chi connectivity index (χ2v) is 6.28. The van der Waals surface area contributed by atoms with Crippen molar-refractivity contribution in [2.45, 2.75) is 32.7 Å². The Morgan fingerprint density at radius 3 is 2.25 bits per heavy atom. The standard InChI is InChI=1S/C16H29N3O/c1-5-9-18(10-6-2)13-16(3,4)15(20)19-11-7-14(17)8-12-19/h5-6,14H,1-2,7-13,17H2,3-4H3. The van der Waals surface area contributed by atoms with Crippen LogP contribution in [0.4, 0.5) is 0 Å². The summed E-state index contributed by atoms with van der Waals surface area (Å²) in [5, 5.41) is 0. The summed E-state index contributed by atoms with van der Waals surface area (Å²) in [6, 6.07) is 0.250. The van der Waals surface area contributed by atoms with Crippen molar-refractivity contribution in [3.8, 4) is 0 Å². The van der Waals surface area contributed by atoms with Crippen molar-refractivity contribution in [3.63, 3.8) is 0 Å². The Morgan fingerprint density at radius 1 is 1.30 bits per heavy atom. The molecule has 0 radical (unpaired) electrons. The lowest BCUT2D eigenvalue weighted by Crippen LogP contribution is -2.51. The van der Waals surface area contributed by atoms with Crippen LogP contribution in [0.1, 0.15) is 26.7 Å². The van der Waals surface area contributed by atoms with Gasteiger partial charge in [-0.05, 0) is 26.7 Å². The van der Waals surface area contributed by atoms with Gasteiger partial charge in [0.15, 0.2) is 0 Å². The van der Waals surface area contributed by atoms with E-state index in [4.69, 9.17) is 5.73 Å². The number of hydrogen-bond acceptors (Lipinski definition) is 3. The van der Waals surface area contributed by atoms with E-state index < -0.39 is 5.41 Å². The van der Waals surface area contributed by atoms with Gasteiger partial charge >= 0.3 is 0 Å². The molecule has 114 valence electrons. The predicted molar refractivity (Wildman–Crippen MR) is 84.4 cm³/mol. The van der Waals surface area contributed by atoms with Crippen LogP contribution in [0.3, 0.4) is 0 Å². The molecule has 0 unspecified atom stereocenters. The van der Waals surface area contributed by atoms with Gasteiger partial charge < -0.3 is 10.6 Å². The Balaban J connectivity index is 2.63. The number of amides is 1. The molecule has 4 nitrogen and oxygen atoms in total. The van der Waals surface area contributed by atoms with Crippen LogP contribution >= 0.6 is 0 Å². The van der Waals surface area contributed by atoms with E-state index in [1.165, 1.54) is 0 Å². The first-order valence-electron chi connectivity index (χ1n) is 7.40. The summed E-state index contributed by atoms with van der Waals surface area (Å²) in [6.07, 6.45) is 5.55. The second kappa shape index (κ2) is 7.60. The van der Waals surface area contributed by atoms with Gasteiger partial charge in [0.1, 0.15) is 0 Å². The zero-order valence-electron chi connectivity index (χ0n) is 13.0. The molecule has 0 bridgehead atoms. The fraction of sp³-hybridized carbons (Fsp3) is 0.688. The van der Waals surface area contributed by atoms with E-state index in [9.17, 15) is 4.79 Å². The normalized spacial score (nSPS) is 17.3. The van der Waals surface area contributed by atoms with E-state index in [2.05, 4.69) is 18.1 Å². The van der Waals surface area contributed by atoms with Crippen molar-refractivity contribution in [2.75, 3.05) is 32.7 Å². The predicted octanol–water partition coefficient (Wildman–Crippen LogP) is 1.64. The molecule has 20 heavy (non-hydrogen) atoms. The van der Waals surface area contributed by atoms with Crippen LogP contribution < -0.4 is 5.73 Å². The summed E-state index contributed by atoms with van der Waals surface area (Å²) in [5.41, 5.74) is 5.50. The third-order valence-electron chi connectivity index (χ3n) is 3.80. The average molecular weight is 279 g/mol. The molecule has 0 aromatic carbocycles. The molecule has 1 heterocycles. The monoisotopic (exact) mass is 279 g/mol. The van der Waals surface area contributed by atoms with E-state index in [0.29, 0.717) is 6.54 Å². The lowest BCUT2D eigenvalue weighted by Gasteiger charge is -2.38. The maximum Gasteiger partial charge on any atom is 0.229 e. The zero-order chi connectivity index (χ0) is 15.2. The van der Waals surface area contributed by atoms with Crippen molar-refractivity contribution in [2.24, 2.45) is 11.1 Å². The van der Waals surface area contributed by atoms with Gasteiger partial charge in [-0.25, -0.2) is 0 Å². The third kappa shape index (κ3) is 4.76. The van der Waals surface area contributed by atoms with E-state index >= 15 is 0 Å². The minimum absolute atomic E-state index is 0.225. The highest BCUT2D eigenvalue weighted by Gasteiger charge is 2.34. The van der Waals surface area contributed by atoms with Gasteiger partial charge in [-0.1, -0.05) is 12.2 Å². The summed E-state index contributed by atoms with van der Waals surface area (Å²) < 4.78 is 0. The molecule has 0 atom stereocenters. The van der Waals surface area contributed by atoms with Crippen molar-refractivity contribution in [1.29, 1.82) is 0 Å². The van der Waals surface area contributed by atoms with Crippen LogP contribution in [0.15, 0.2) is 25.3 Å². The molecule has 0 spiro atoms. The van der Waals surface area contributed by atoms with E-state index in [1.807, 2.05) is 30.9 Å². The van der Waals surface area contributed by atoms with Crippen LogP contribution in [-0.4, -0.2) is 54.5 Å². The highest BCUT2D eigenvalue weighted by molar-refractivity contribution is 5.82. The minimum Gasteiger partial charge on any atom is -0.342 e. The smallest absolute Gasteiger partial charge is 0.229 e. The number of nitrogens with two attached hydrogens (primary N) is 1. The summed E-state index contributed by atoms with van der Waals surface area (Å²) >= 11 is 0. The van der Waals surface area contributed by atoms with Gasteiger partial charge in [-0.2, -0.15) is 0 Å². The van der Waals surface area contributed by atoms with Crippen molar-refractivity contribution < 1.29 is 4.79 Å². The second-order valence-electron chi connectivity index (χ2n) is 6.28. The van der Waals surface area contributed by atoms with Crippen molar-refractivity contribution in [1.82, 2.24) is 9.80 Å². The maximum absolute atomic E-state index is 12.7. The minimum atomic E-state index is -0.395. The molecule has 0 aromatic rings. The van der Waals surface area contributed by atoms with E-state index in [-0.39, 0.29) is 11.9 Å². The average Bonchev–Trinajstić information content (AvgIpc) is 2.39. The first-order chi connectivity index (χ1) is 9.40. The summed E-state index contributed by atoms with van der Waals surface area (Å²) in [7, 11) is 0. The molecule has 4 heteroatoms. The zero-order valence-corrected chi connectivity index (χ0v) is 13.0. The molecule has 1 aliphatic rings. The van der Waals surface area contributed by atoms with Gasteiger partial charge in [0.25, 0.3) is 0 Å². The lowest BCUT2D eigenvalue weighted by atomic mass is 9.89. The number of hydrogen-bond donors (Lipinski definition) is 1. The van der Waals surface area contributed by atoms with Crippen molar-refractivity contribution in [3.05, 3.63) is 25.3 Å². The number of likely N-dealkylation sites (tertiary alicyclic amines) is 1. The molecule has 0 aliphatic carbocycles. The fourth-order valence-corrected chi connectivity index (χ4v) is 2.73. The molecule has 1 fully saturated rings. The molecule has 1 aliphatic heterocycles. The van der Waals surface area contributed by atoms with Gasteiger partial charge in [-0.3, -0.25) is 9.69 Å². The Kier molecular flexibility index (Phi) is 6.43. The molecular formula is C16H29N3O. The quantitative estimate of drug-likeness (QED) is 0.721. The number of rotatable bonds is 7. The molecule has 0 aromatic heterocycles. The van der Waals surface area contributed by atoms with E-state index in [0.717, 1.165) is 39.0 Å². The first kappa shape index (κ1) is 16.9. The van der Waals surface area contributed by atoms with Gasteiger partial charge in [0.05, 0.1) is 5.41 Å². The molecule has 2 N–H and O–H groups in total. The summed E-state index contributed by atoms with van der Waals surface area (Å²) in [6.45, 7) is 15.4. The molecule has 1 rings (SSSR count). The Hall–Kier alpha value is -1.13. The van der Waals surface area contributed by atoms with Crippen LogP contribution in [-0.2, 0) is 4.79 Å². The van der Waals surface area contributed by atoms with Crippen LogP contribution in [0.2, 0.25) is 0 Å². The lowest BCUT2D eigenvalue weighted by molar-refractivity contribution is -0.142. The first-order valence-corrected chi connectivity index (χ1v) is 7.40. The van der Waals surface area contributed by atoms with Gasteiger partial charge in [0.2, 0.25) is 5.91 Å². The largest absolute Gasteiger partial charge is 0.342 e. The molecule has 0 saturated carbocycles. The van der Waals surface area contributed by atoms with Gasteiger partial charge in [0, 0.05) is 38.8 Å². The Bertz CT molecular complexity index is 334. The third-order valence-corrected chi connectivity index (χ3v) is 3.80. The van der Waals surface area contributed by atoms with Crippen LogP contribution in [0.25, 0.3) is 0 Å². The van der Waals surface area contributed by atoms with Crippen molar-refractivity contribution >= 4 is 5.91 Å². The SMILES string of the molecule is C=CCN(CC=C)CC(C)(C)C(=O)N1CCC(N)CC1. The Labute approximate surface area is 123 Å². The highest BCUT2D eigenvalue weighted by atomic mass is 16.2. The molecular weight excluding hydrogens is 250 g/mol. The Morgan fingerprint density at radius 2 is 1.80 bits per heavy atom. The summed E-state index contributed by atoms with van der Waals surface area (Å²) in [5.74, 6) is 0.225. The fourth-order valence-electron chi connectivity index (χ4n) is 2.73. The topological polar surface area (TPSA) is 49.6 Å². The number of piperidine rings is 1. The van der Waals surface area contributed by atoms with Crippen LogP contribution in [0, 0.1) is 5.41 Å². The highest BCUT2D eigenvalue weighted by Crippen LogP contribution is 2.23. The van der Waals surface area contributed by atoms with E-state index in [1.54, 1.807) is 0 Å². The molecule has 1 saturated heterocycles. The van der Waals surface area contributed by atoms with Gasteiger partial charge in [-0.15, -0.1) is 13.2 Å². The maximum atomic E-state index is 12.7. The van der Waals surface area contributed by atoms with Crippen LogP contribution in [0.5, 0.6) is 0 Å². The summed E-state index contributed by atoms with van der Waals surface area (Å²) in [4.78, 5) is 16.8. The number of carbonyl (C=O) groups excluding carboxylic acids is 1. The molecule has 1 amide bonds. The number of carbonyl (C=O) groups is 1.